The van der Waals surface area contributed by atoms with Crippen LogP contribution in [0.4, 0.5) is 22.0 Å². The second kappa shape index (κ2) is 9.85. The van der Waals surface area contributed by atoms with E-state index < -0.39 is 16.1 Å². The number of carbonyl (C=O) groups excluding carboxylic acids is 2. The molecule has 1 atom stereocenters. The summed E-state index contributed by atoms with van der Waals surface area (Å²) in [6.07, 6.45) is 2.85. The van der Waals surface area contributed by atoms with E-state index in [0.717, 1.165) is 17.8 Å². The lowest BCUT2D eigenvalue weighted by Gasteiger charge is -2.36. The Morgan fingerprint density at radius 2 is 1.89 bits per heavy atom. The summed E-state index contributed by atoms with van der Waals surface area (Å²) < 4.78 is 32.1. The predicted molar refractivity (Wildman–Crippen MR) is 142 cm³/mol. The van der Waals surface area contributed by atoms with Crippen molar-refractivity contribution >= 4 is 39.2 Å². The van der Waals surface area contributed by atoms with Crippen LogP contribution in [0.5, 0.6) is 0 Å². The average molecular weight is 528 g/mol. The summed E-state index contributed by atoms with van der Waals surface area (Å²) in [6, 6.07) is 6.94. The first kappa shape index (κ1) is 25.3. The molecule has 1 aromatic heterocycles. The van der Waals surface area contributed by atoms with Crippen molar-refractivity contribution in [2.45, 2.75) is 39.7 Å². The van der Waals surface area contributed by atoms with Gasteiger partial charge >= 0.3 is 6.09 Å². The minimum absolute atomic E-state index is 0.0366. The van der Waals surface area contributed by atoms with Crippen LogP contribution in [0.15, 0.2) is 30.5 Å². The van der Waals surface area contributed by atoms with Crippen LogP contribution in [0.2, 0.25) is 0 Å². The Hall–Kier alpha value is -3.34. The number of cyclic esters (lactones) is 1. The highest BCUT2D eigenvalue weighted by molar-refractivity contribution is 7.93. The van der Waals surface area contributed by atoms with Gasteiger partial charge < -0.3 is 14.5 Å². The number of aromatic nitrogens is 1. The summed E-state index contributed by atoms with van der Waals surface area (Å²) in [4.78, 5) is 36.1. The number of benzene rings is 1. The molecule has 0 aliphatic carbocycles. The minimum Gasteiger partial charge on any atom is -0.447 e. The van der Waals surface area contributed by atoms with E-state index in [1.807, 2.05) is 13.1 Å². The molecule has 0 radical (unpaired) electrons. The number of sulfonamides is 1. The first-order valence-corrected chi connectivity index (χ1v) is 14.4. The van der Waals surface area contributed by atoms with Gasteiger partial charge in [0.15, 0.2) is 0 Å². The highest BCUT2D eigenvalue weighted by atomic mass is 32.2. The molecule has 1 unspecified atom stereocenters. The van der Waals surface area contributed by atoms with Gasteiger partial charge in [-0.25, -0.2) is 18.2 Å². The fourth-order valence-corrected chi connectivity index (χ4v) is 6.86. The predicted octanol–water partition coefficient (Wildman–Crippen LogP) is 2.80. The van der Waals surface area contributed by atoms with Crippen LogP contribution < -0.4 is 14.1 Å². The number of nitrogens with zero attached hydrogens (tertiary/aromatic N) is 5. The highest BCUT2D eigenvalue weighted by Gasteiger charge is 2.36. The normalized spacial score (nSPS) is 21.5. The smallest absolute Gasteiger partial charge is 0.414 e. The van der Waals surface area contributed by atoms with E-state index in [9.17, 15) is 18.0 Å². The number of hydrogen-bond acceptors (Lipinski definition) is 7. The number of carbonyl (C=O) groups is 2. The van der Waals surface area contributed by atoms with Crippen molar-refractivity contribution in [1.82, 2.24) is 9.88 Å². The van der Waals surface area contributed by atoms with Crippen molar-refractivity contribution in [2.24, 2.45) is 0 Å². The molecule has 2 aromatic rings. The van der Waals surface area contributed by atoms with E-state index in [1.54, 1.807) is 23.1 Å². The second-order valence-electron chi connectivity index (χ2n) is 9.86. The number of anilines is 3. The van der Waals surface area contributed by atoms with Crippen molar-refractivity contribution in [2.75, 3.05) is 59.2 Å². The third kappa shape index (κ3) is 4.72. The Labute approximate surface area is 217 Å². The number of ether oxygens (including phenoxy) is 1. The summed E-state index contributed by atoms with van der Waals surface area (Å²) in [5, 5.41) is 0. The average Bonchev–Trinajstić information content (AvgIpc) is 3.42. The zero-order valence-electron chi connectivity index (χ0n) is 21.5. The quantitative estimate of drug-likeness (QED) is 0.589. The van der Waals surface area contributed by atoms with Gasteiger partial charge in [0, 0.05) is 44.6 Å². The van der Waals surface area contributed by atoms with Crippen molar-refractivity contribution in [3.05, 3.63) is 47.2 Å². The molecule has 4 heterocycles. The van der Waals surface area contributed by atoms with Gasteiger partial charge in [0.25, 0.3) is 5.91 Å². The van der Waals surface area contributed by atoms with Gasteiger partial charge in [-0.15, -0.1) is 0 Å². The topological polar surface area (TPSA) is 103 Å². The van der Waals surface area contributed by atoms with Crippen LogP contribution in [-0.4, -0.2) is 81.4 Å². The molecule has 0 spiro atoms. The zero-order chi connectivity index (χ0) is 26.3. The lowest BCUT2D eigenvalue weighted by atomic mass is 10.1. The van der Waals surface area contributed by atoms with Crippen molar-refractivity contribution in [3.63, 3.8) is 0 Å². The summed E-state index contributed by atoms with van der Waals surface area (Å²) in [5.41, 5.74) is 3.47. The van der Waals surface area contributed by atoms with Crippen LogP contribution >= 0.6 is 0 Å². The lowest BCUT2D eigenvalue weighted by molar-refractivity contribution is 0.0747. The number of pyridine rings is 1. The molecule has 3 saturated heterocycles. The maximum absolute atomic E-state index is 13.7. The first-order valence-electron chi connectivity index (χ1n) is 12.8. The number of amides is 2. The Morgan fingerprint density at radius 1 is 1.14 bits per heavy atom. The summed E-state index contributed by atoms with van der Waals surface area (Å²) in [5.74, 6) is 0.755. The molecule has 11 heteroatoms. The van der Waals surface area contributed by atoms with Gasteiger partial charge in [0.1, 0.15) is 12.4 Å². The third-order valence-corrected chi connectivity index (χ3v) is 9.18. The first-order chi connectivity index (χ1) is 17.7. The molecule has 3 aliphatic heterocycles. The Kier molecular flexibility index (Phi) is 6.74. The molecule has 0 N–H and O–H groups in total. The molecule has 3 aliphatic rings. The van der Waals surface area contributed by atoms with Gasteiger partial charge in [0.2, 0.25) is 10.0 Å². The Morgan fingerprint density at radius 3 is 2.49 bits per heavy atom. The van der Waals surface area contributed by atoms with Crippen molar-refractivity contribution in [3.8, 4) is 0 Å². The standard InChI is InChI=1S/C26H33N5O5S/c1-4-20-14-18(2)24(27-16-20)28-9-11-29(12-10-28)25(32)22-7-6-21(31-19(3)17-36-26(31)33)15-23(22)30-8-5-13-37(30,34)35/h6-7,14-16,19H,4-5,8-13,17H2,1-3H3. The highest BCUT2D eigenvalue weighted by Crippen LogP contribution is 2.35. The van der Waals surface area contributed by atoms with Crippen molar-refractivity contribution in [1.29, 1.82) is 0 Å². The fraction of sp³-hybridized carbons (Fsp3) is 0.500. The summed E-state index contributed by atoms with van der Waals surface area (Å²) in [7, 11) is -3.54. The molecule has 3 fully saturated rings. The largest absolute Gasteiger partial charge is 0.447 e. The van der Waals surface area contributed by atoms with Gasteiger partial charge in [-0.1, -0.05) is 13.0 Å². The number of rotatable bonds is 5. The van der Waals surface area contributed by atoms with E-state index in [4.69, 9.17) is 4.74 Å². The SMILES string of the molecule is CCc1cnc(N2CCN(C(=O)c3ccc(N4C(=O)OCC4C)cc3N3CCCS3(=O)=O)CC2)c(C)c1. The maximum Gasteiger partial charge on any atom is 0.414 e. The zero-order valence-corrected chi connectivity index (χ0v) is 22.3. The van der Waals surface area contributed by atoms with Crippen LogP contribution in [0.25, 0.3) is 0 Å². The molecule has 2 amide bonds. The summed E-state index contributed by atoms with van der Waals surface area (Å²) >= 11 is 0. The van der Waals surface area contributed by atoms with Crippen LogP contribution in [-0.2, 0) is 21.2 Å². The molecule has 10 nitrogen and oxygen atoms in total. The van der Waals surface area contributed by atoms with Crippen LogP contribution in [0.3, 0.4) is 0 Å². The minimum atomic E-state index is -3.54. The maximum atomic E-state index is 13.7. The molecular formula is C26H33N5O5S. The Balaban J connectivity index is 1.40. The Bertz CT molecular complexity index is 1320. The van der Waals surface area contributed by atoms with Crippen LogP contribution in [0, 0.1) is 6.92 Å². The number of aryl methyl sites for hydroxylation is 2. The van der Waals surface area contributed by atoms with Crippen LogP contribution in [0.1, 0.15) is 41.8 Å². The van der Waals surface area contributed by atoms with E-state index in [1.165, 1.54) is 14.8 Å². The molecule has 5 rings (SSSR count). The molecule has 0 saturated carbocycles. The van der Waals surface area contributed by atoms with E-state index in [-0.39, 0.29) is 24.3 Å². The third-order valence-electron chi connectivity index (χ3n) is 7.33. The van der Waals surface area contributed by atoms with Gasteiger partial charge in [0.05, 0.1) is 23.0 Å². The molecule has 198 valence electrons. The molecule has 1 aromatic carbocycles. The van der Waals surface area contributed by atoms with E-state index >= 15 is 0 Å². The van der Waals surface area contributed by atoms with Gasteiger partial charge in [-0.2, -0.15) is 0 Å². The summed E-state index contributed by atoms with van der Waals surface area (Å²) in [6.45, 7) is 8.86. The van der Waals surface area contributed by atoms with E-state index in [0.29, 0.717) is 56.1 Å². The van der Waals surface area contributed by atoms with Crippen molar-refractivity contribution < 1.29 is 22.7 Å². The lowest BCUT2D eigenvalue weighted by Crippen LogP contribution is -2.49. The van der Waals surface area contributed by atoms with Gasteiger partial charge in [-0.3, -0.25) is 14.0 Å². The van der Waals surface area contributed by atoms with E-state index in [2.05, 4.69) is 29.8 Å². The molecule has 0 bridgehead atoms. The monoisotopic (exact) mass is 527 g/mol. The number of hydrogen-bond donors (Lipinski definition) is 0. The fourth-order valence-electron chi connectivity index (χ4n) is 5.28. The molecule has 37 heavy (non-hydrogen) atoms. The number of piperazine rings is 1. The second-order valence-corrected chi connectivity index (χ2v) is 11.9. The molecular weight excluding hydrogens is 494 g/mol. The van der Waals surface area contributed by atoms with Gasteiger partial charge in [-0.05, 0) is 56.0 Å².